The highest BCUT2D eigenvalue weighted by Crippen LogP contribution is 2.40. The normalized spacial score (nSPS) is 15.6. The zero-order valence-electron chi connectivity index (χ0n) is 10.9. The molecule has 3 nitrogen and oxygen atoms in total. The molecule has 1 saturated carbocycles. The monoisotopic (exact) mass is 405 g/mol. The van der Waals surface area contributed by atoms with Gasteiger partial charge in [0, 0.05) is 12.1 Å². The van der Waals surface area contributed by atoms with Crippen LogP contribution in [0.5, 0.6) is 0 Å². The van der Waals surface area contributed by atoms with Gasteiger partial charge in [0.25, 0.3) is 0 Å². The summed E-state index contributed by atoms with van der Waals surface area (Å²) in [4.78, 5) is 13.2. The summed E-state index contributed by atoms with van der Waals surface area (Å²) in [5, 5.41) is 1.27. The molecule has 2 aromatic rings. The van der Waals surface area contributed by atoms with Crippen LogP contribution in [0.3, 0.4) is 0 Å². The Morgan fingerprint density at radius 2 is 1.81 bits per heavy atom. The van der Waals surface area contributed by atoms with Crippen LogP contribution in [0.2, 0.25) is 15.2 Å². The summed E-state index contributed by atoms with van der Waals surface area (Å²) >= 11 is 21.8. The van der Waals surface area contributed by atoms with E-state index >= 15 is 0 Å². The molecule has 7 heteroatoms. The van der Waals surface area contributed by atoms with Gasteiger partial charge in [-0.3, -0.25) is 0 Å². The van der Waals surface area contributed by atoms with Crippen molar-refractivity contribution in [2.24, 2.45) is 0 Å². The molecule has 0 amide bonds. The summed E-state index contributed by atoms with van der Waals surface area (Å²) in [6.07, 6.45) is 6.19. The van der Waals surface area contributed by atoms with Crippen LogP contribution < -0.4 is 0 Å². The molecule has 0 aromatic carbocycles. The minimum absolute atomic E-state index is 0.384. The Labute approximate surface area is 146 Å². The van der Waals surface area contributed by atoms with E-state index in [9.17, 15) is 0 Å². The Kier molecular flexibility index (Phi) is 4.69. The molecule has 0 aliphatic heterocycles. The van der Waals surface area contributed by atoms with Crippen molar-refractivity contribution in [3.8, 4) is 11.5 Å². The van der Waals surface area contributed by atoms with Crippen molar-refractivity contribution in [2.75, 3.05) is 0 Å². The minimum atomic E-state index is 0.384. The topological polar surface area (TPSA) is 38.7 Å². The van der Waals surface area contributed by atoms with Crippen molar-refractivity contribution in [3.05, 3.63) is 37.6 Å². The lowest BCUT2D eigenvalue weighted by atomic mass is 10.0. The van der Waals surface area contributed by atoms with E-state index < -0.39 is 0 Å². The van der Waals surface area contributed by atoms with E-state index in [1.807, 2.05) is 0 Å². The van der Waals surface area contributed by atoms with Gasteiger partial charge in [-0.15, -0.1) is 0 Å². The Morgan fingerprint density at radius 1 is 1.10 bits per heavy atom. The number of rotatable bonds is 2. The molecule has 1 aliphatic rings. The molecule has 0 N–H and O–H groups in total. The minimum Gasteiger partial charge on any atom is -0.250 e. The summed E-state index contributed by atoms with van der Waals surface area (Å²) in [6, 6.07) is 1.62. The molecule has 0 radical (unpaired) electrons. The van der Waals surface area contributed by atoms with E-state index in [1.54, 1.807) is 6.07 Å². The maximum atomic E-state index is 6.24. The van der Waals surface area contributed by atoms with Crippen LogP contribution in [-0.4, -0.2) is 15.0 Å². The molecule has 3 rings (SSSR count). The Morgan fingerprint density at radius 3 is 2.48 bits per heavy atom. The summed E-state index contributed by atoms with van der Waals surface area (Å²) in [5.74, 6) is 0.844. The Balaban J connectivity index is 2.10. The van der Waals surface area contributed by atoms with Crippen molar-refractivity contribution in [1.82, 2.24) is 15.0 Å². The maximum Gasteiger partial charge on any atom is 0.181 e. The first kappa shape index (κ1) is 15.5. The lowest BCUT2D eigenvalue weighted by Gasteiger charge is -2.13. The fourth-order valence-corrected chi connectivity index (χ4v) is 3.73. The van der Waals surface area contributed by atoms with Gasteiger partial charge >= 0.3 is 0 Å². The second-order valence-electron chi connectivity index (χ2n) is 5.00. The summed E-state index contributed by atoms with van der Waals surface area (Å²) in [6.45, 7) is 0. The number of nitrogens with zero attached hydrogens (tertiary/aromatic N) is 3. The van der Waals surface area contributed by atoms with Crippen LogP contribution in [0.4, 0.5) is 0 Å². The number of hydrogen-bond acceptors (Lipinski definition) is 3. The second-order valence-corrected chi connectivity index (χ2v) is 7.00. The third-order valence-corrected chi connectivity index (χ3v) is 5.38. The molecule has 0 atom stereocenters. The Bertz CT molecular complexity index is 687. The smallest absolute Gasteiger partial charge is 0.181 e. The van der Waals surface area contributed by atoms with Gasteiger partial charge in [-0.2, -0.15) is 0 Å². The van der Waals surface area contributed by atoms with Gasteiger partial charge in [0.15, 0.2) is 5.82 Å². The third-order valence-electron chi connectivity index (χ3n) is 3.60. The van der Waals surface area contributed by atoms with Crippen LogP contribution in [0.15, 0.2) is 16.7 Å². The lowest BCUT2D eigenvalue weighted by molar-refractivity contribution is 0.690. The quantitative estimate of drug-likeness (QED) is 0.580. The van der Waals surface area contributed by atoms with E-state index in [4.69, 9.17) is 34.8 Å². The number of hydrogen-bond donors (Lipinski definition) is 0. The van der Waals surface area contributed by atoms with Gasteiger partial charge in [0.05, 0.1) is 20.2 Å². The van der Waals surface area contributed by atoms with Gasteiger partial charge in [-0.25, -0.2) is 15.0 Å². The number of aromatic nitrogens is 3. The zero-order chi connectivity index (χ0) is 15.0. The van der Waals surface area contributed by atoms with Crippen LogP contribution in [0, 0.1) is 0 Å². The molecule has 2 heterocycles. The van der Waals surface area contributed by atoms with E-state index in [2.05, 4.69) is 30.9 Å². The number of pyridine rings is 1. The van der Waals surface area contributed by atoms with E-state index in [1.165, 1.54) is 19.0 Å². The molecule has 1 fully saturated rings. The van der Waals surface area contributed by atoms with Crippen LogP contribution in [0.25, 0.3) is 11.5 Å². The van der Waals surface area contributed by atoms with Gasteiger partial charge in [-0.1, -0.05) is 47.6 Å². The average Bonchev–Trinajstić information content (AvgIpc) is 2.96. The fraction of sp³-hybridized carbons (Fsp3) is 0.357. The van der Waals surface area contributed by atoms with Crippen molar-refractivity contribution in [2.45, 2.75) is 31.6 Å². The van der Waals surface area contributed by atoms with Crippen molar-refractivity contribution >= 4 is 50.7 Å². The van der Waals surface area contributed by atoms with Crippen molar-refractivity contribution in [1.29, 1.82) is 0 Å². The van der Waals surface area contributed by atoms with Gasteiger partial charge in [0.1, 0.15) is 10.8 Å². The first-order valence-corrected chi connectivity index (χ1v) is 8.53. The predicted molar refractivity (Wildman–Crippen MR) is 89.2 cm³/mol. The standard InChI is InChI=1S/C14H11BrCl3N3/c15-10-11(7-3-1-2-4-7)20-14(21-13(10)18)12-9(17)5-8(16)6-19-12/h5-7H,1-4H2. The zero-order valence-corrected chi connectivity index (χ0v) is 14.8. The molecular weight excluding hydrogens is 396 g/mol. The molecule has 0 unspecified atom stereocenters. The first-order valence-electron chi connectivity index (χ1n) is 6.60. The lowest BCUT2D eigenvalue weighted by Crippen LogP contribution is -2.03. The van der Waals surface area contributed by atoms with E-state index in [-0.39, 0.29) is 0 Å². The average molecular weight is 408 g/mol. The number of halogens is 4. The molecule has 2 aromatic heterocycles. The molecule has 0 bridgehead atoms. The summed E-state index contributed by atoms with van der Waals surface area (Å²) in [5.41, 5.74) is 1.44. The highest BCUT2D eigenvalue weighted by atomic mass is 79.9. The molecular formula is C14H11BrCl3N3. The first-order chi connectivity index (χ1) is 10.1. The SMILES string of the molecule is Clc1cnc(-c2nc(Cl)c(Br)c(C3CCCC3)n2)c(Cl)c1. The molecule has 110 valence electrons. The molecule has 1 aliphatic carbocycles. The van der Waals surface area contributed by atoms with Crippen LogP contribution in [0.1, 0.15) is 37.3 Å². The second kappa shape index (κ2) is 6.37. The third kappa shape index (κ3) is 3.19. The van der Waals surface area contributed by atoms with Crippen molar-refractivity contribution in [3.63, 3.8) is 0 Å². The highest BCUT2D eigenvalue weighted by Gasteiger charge is 2.24. The van der Waals surface area contributed by atoms with Crippen LogP contribution >= 0.6 is 50.7 Å². The Hall–Kier alpha value is -0.420. The maximum absolute atomic E-state index is 6.24. The fourth-order valence-electron chi connectivity index (χ4n) is 2.59. The summed E-state index contributed by atoms with van der Waals surface area (Å²) < 4.78 is 0.768. The molecule has 0 spiro atoms. The van der Waals surface area contributed by atoms with Crippen molar-refractivity contribution < 1.29 is 0 Å². The highest BCUT2D eigenvalue weighted by molar-refractivity contribution is 9.10. The summed E-state index contributed by atoms with van der Waals surface area (Å²) in [7, 11) is 0. The predicted octanol–water partition coefficient (Wildman–Crippen LogP) is 5.92. The molecule has 0 saturated heterocycles. The van der Waals surface area contributed by atoms with Gasteiger partial charge in [0.2, 0.25) is 0 Å². The van der Waals surface area contributed by atoms with Crippen LogP contribution in [-0.2, 0) is 0 Å². The van der Waals surface area contributed by atoms with E-state index in [0.717, 1.165) is 23.0 Å². The largest absolute Gasteiger partial charge is 0.250 e. The van der Waals surface area contributed by atoms with Gasteiger partial charge < -0.3 is 0 Å². The molecule has 21 heavy (non-hydrogen) atoms. The van der Waals surface area contributed by atoms with E-state index in [0.29, 0.717) is 32.6 Å². The van der Waals surface area contributed by atoms with Gasteiger partial charge in [-0.05, 0) is 34.8 Å².